The van der Waals surface area contributed by atoms with Crippen LogP contribution in [0, 0.1) is 6.92 Å². The van der Waals surface area contributed by atoms with Crippen LogP contribution >= 0.6 is 11.6 Å². The number of halogens is 1. The number of hydrogen-bond acceptors (Lipinski definition) is 2. The third-order valence-electron chi connectivity index (χ3n) is 2.96. The zero-order valence-electron chi connectivity index (χ0n) is 10.5. The summed E-state index contributed by atoms with van der Waals surface area (Å²) in [4.78, 5) is 12.2. The number of rotatable bonds is 3. The molecule has 0 aliphatic heterocycles. The molecule has 0 aliphatic rings. The Kier molecular flexibility index (Phi) is 4.07. The topological polar surface area (TPSA) is 49.3 Å². The lowest BCUT2D eigenvalue weighted by molar-refractivity contribution is 0.102. The summed E-state index contributed by atoms with van der Waals surface area (Å²) >= 11 is 5.83. The molecule has 0 radical (unpaired) electrons. The van der Waals surface area contributed by atoms with E-state index in [0.717, 1.165) is 5.56 Å². The largest absolute Gasteiger partial charge is 0.508 e. The van der Waals surface area contributed by atoms with Crippen molar-refractivity contribution in [3.05, 3.63) is 59.2 Å². The first kappa shape index (κ1) is 13.4. The van der Waals surface area contributed by atoms with Crippen LogP contribution in [-0.2, 0) is 5.88 Å². The minimum absolute atomic E-state index is 0.110. The van der Waals surface area contributed by atoms with Crippen LogP contribution < -0.4 is 5.32 Å². The summed E-state index contributed by atoms with van der Waals surface area (Å²) in [5.41, 5.74) is 2.55. The maximum Gasteiger partial charge on any atom is 0.256 e. The van der Waals surface area contributed by atoms with E-state index in [4.69, 9.17) is 11.6 Å². The van der Waals surface area contributed by atoms with E-state index in [0.29, 0.717) is 22.7 Å². The van der Waals surface area contributed by atoms with Gasteiger partial charge in [0.05, 0.1) is 0 Å². The average Bonchev–Trinajstić information content (AvgIpc) is 2.42. The molecule has 0 atom stereocenters. The van der Waals surface area contributed by atoms with Crippen molar-refractivity contribution in [1.29, 1.82) is 0 Å². The second-order valence-corrected chi connectivity index (χ2v) is 4.46. The van der Waals surface area contributed by atoms with Crippen molar-refractivity contribution < 1.29 is 9.90 Å². The maximum atomic E-state index is 12.2. The van der Waals surface area contributed by atoms with E-state index in [2.05, 4.69) is 5.32 Å². The summed E-state index contributed by atoms with van der Waals surface area (Å²) in [7, 11) is 0. The number of carbonyl (C=O) groups is 1. The molecule has 0 spiro atoms. The van der Waals surface area contributed by atoms with Crippen LogP contribution in [0.15, 0.2) is 42.5 Å². The summed E-state index contributed by atoms with van der Waals surface area (Å²) in [6.45, 7) is 1.71. The van der Waals surface area contributed by atoms with Gasteiger partial charge in [-0.1, -0.05) is 24.3 Å². The maximum absolute atomic E-state index is 12.2. The van der Waals surface area contributed by atoms with Crippen LogP contribution in [0.2, 0.25) is 0 Å². The van der Waals surface area contributed by atoms with E-state index in [9.17, 15) is 9.90 Å². The van der Waals surface area contributed by atoms with Crippen molar-refractivity contribution in [2.24, 2.45) is 0 Å². The van der Waals surface area contributed by atoms with E-state index >= 15 is 0 Å². The standard InChI is InChI=1S/C15H14ClNO2/c1-10-12(6-4-8-14(10)18)15(19)17-13-7-3-2-5-11(13)9-16/h2-8,18H,9H2,1H3,(H,17,19). The van der Waals surface area contributed by atoms with Gasteiger partial charge in [-0.05, 0) is 30.7 Å². The van der Waals surface area contributed by atoms with Crippen LogP contribution in [0.4, 0.5) is 5.69 Å². The molecule has 2 rings (SSSR count). The van der Waals surface area contributed by atoms with Crippen molar-refractivity contribution in [2.75, 3.05) is 5.32 Å². The molecule has 0 saturated carbocycles. The molecule has 1 amide bonds. The van der Waals surface area contributed by atoms with Gasteiger partial charge in [-0.2, -0.15) is 0 Å². The molecule has 0 fully saturated rings. The first-order valence-electron chi connectivity index (χ1n) is 5.87. The number of phenols is 1. The number of para-hydroxylation sites is 1. The number of phenolic OH excluding ortho intramolecular Hbond substituents is 1. The van der Waals surface area contributed by atoms with Gasteiger partial charge in [0, 0.05) is 22.7 Å². The molecular weight excluding hydrogens is 262 g/mol. The number of nitrogens with one attached hydrogen (secondary N) is 1. The molecule has 2 aromatic rings. The lowest BCUT2D eigenvalue weighted by Crippen LogP contribution is -2.14. The highest BCUT2D eigenvalue weighted by molar-refractivity contribution is 6.17. The number of hydrogen-bond donors (Lipinski definition) is 2. The van der Waals surface area contributed by atoms with Crippen molar-refractivity contribution in [2.45, 2.75) is 12.8 Å². The zero-order valence-corrected chi connectivity index (χ0v) is 11.2. The highest BCUT2D eigenvalue weighted by Crippen LogP contribution is 2.22. The molecule has 0 saturated heterocycles. The van der Waals surface area contributed by atoms with Crippen LogP contribution in [-0.4, -0.2) is 11.0 Å². The predicted molar refractivity (Wildman–Crippen MR) is 76.8 cm³/mol. The fourth-order valence-corrected chi connectivity index (χ4v) is 2.05. The van der Waals surface area contributed by atoms with Gasteiger partial charge in [-0.25, -0.2) is 0 Å². The highest BCUT2D eigenvalue weighted by atomic mass is 35.5. The smallest absolute Gasteiger partial charge is 0.256 e. The van der Waals surface area contributed by atoms with E-state index in [1.54, 1.807) is 31.2 Å². The minimum atomic E-state index is -0.258. The van der Waals surface area contributed by atoms with Crippen LogP contribution in [0.1, 0.15) is 21.5 Å². The molecular formula is C15H14ClNO2. The second-order valence-electron chi connectivity index (χ2n) is 4.19. The van der Waals surface area contributed by atoms with Crippen molar-refractivity contribution in [1.82, 2.24) is 0 Å². The van der Waals surface area contributed by atoms with Crippen molar-refractivity contribution >= 4 is 23.2 Å². The van der Waals surface area contributed by atoms with Gasteiger partial charge in [-0.3, -0.25) is 4.79 Å². The Morgan fingerprint density at radius 2 is 1.95 bits per heavy atom. The normalized spacial score (nSPS) is 10.2. The SMILES string of the molecule is Cc1c(O)cccc1C(=O)Nc1ccccc1CCl. The minimum Gasteiger partial charge on any atom is -0.508 e. The van der Waals surface area contributed by atoms with E-state index < -0.39 is 0 Å². The van der Waals surface area contributed by atoms with Gasteiger partial charge in [0.25, 0.3) is 5.91 Å². The summed E-state index contributed by atoms with van der Waals surface area (Å²) in [5, 5.41) is 12.4. The number of anilines is 1. The van der Waals surface area contributed by atoms with Gasteiger partial charge < -0.3 is 10.4 Å². The van der Waals surface area contributed by atoms with Crippen molar-refractivity contribution in [3.63, 3.8) is 0 Å². The molecule has 0 aliphatic carbocycles. The number of benzene rings is 2. The molecule has 2 N–H and O–H groups in total. The highest BCUT2D eigenvalue weighted by Gasteiger charge is 2.12. The molecule has 3 nitrogen and oxygen atoms in total. The molecule has 0 unspecified atom stereocenters. The van der Waals surface area contributed by atoms with E-state index in [1.807, 2.05) is 18.2 Å². The fourth-order valence-electron chi connectivity index (χ4n) is 1.82. The van der Waals surface area contributed by atoms with Crippen LogP contribution in [0.3, 0.4) is 0 Å². The molecule has 0 aromatic heterocycles. The lowest BCUT2D eigenvalue weighted by atomic mass is 10.1. The summed E-state index contributed by atoms with van der Waals surface area (Å²) in [6, 6.07) is 12.2. The van der Waals surface area contributed by atoms with Gasteiger partial charge in [-0.15, -0.1) is 11.6 Å². The Labute approximate surface area is 116 Å². The number of carbonyl (C=O) groups excluding carboxylic acids is 1. The zero-order chi connectivity index (χ0) is 13.8. The number of aromatic hydroxyl groups is 1. The lowest BCUT2D eigenvalue weighted by Gasteiger charge is -2.11. The molecule has 19 heavy (non-hydrogen) atoms. The Morgan fingerprint density at radius 1 is 1.21 bits per heavy atom. The van der Waals surface area contributed by atoms with Crippen LogP contribution in [0.5, 0.6) is 5.75 Å². The Hall–Kier alpha value is -2.00. The molecule has 0 bridgehead atoms. The summed E-state index contributed by atoms with van der Waals surface area (Å²) < 4.78 is 0. The number of amides is 1. The molecule has 4 heteroatoms. The Bertz CT molecular complexity index is 611. The monoisotopic (exact) mass is 275 g/mol. The number of alkyl halides is 1. The Balaban J connectivity index is 2.28. The van der Waals surface area contributed by atoms with Crippen molar-refractivity contribution in [3.8, 4) is 5.75 Å². The second kappa shape index (κ2) is 5.76. The third-order valence-corrected chi connectivity index (χ3v) is 3.25. The van der Waals surface area contributed by atoms with E-state index in [-0.39, 0.29) is 11.7 Å². The quantitative estimate of drug-likeness (QED) is 0.839. The fraction of sp³-hybridized carbons (Fsp3) is 0.133. The van der Waals surface area contributed by atoms with Gasteiger partial charge in [0.15, 0.2) is 0 Å². The molecule has 2 aromatic carbocycles. The Morgan fingerprint density at radius 3 is 2.68 bits per heavy atom. The first-order chi connectivity index (χ1) is 9.13. The van der Waals surface area contributed by atoms with Gasteiger partial charge in [0.2, 0.25) is 0 Å². The van der Waals surface area contributed by atoms with Gasteiger partial charge in [0.1, 0.15) is 5.75 Å². The first-order valence-corrected chi connectivity index (χ1v) is 6.40. The predicted octanol–water partition coefficient (Wildman–Crippen LogP) is 3.69. The summed E-state index contributed by atoms with van der Waals surface area (Å²) in [5.74, 6) is 0.180. The molecule has 98 valence electrons. The van der Waals surface area contributed by atoms with E-state index in [1.165, 1.54) is 0 Å². The molecule has 0 heterocycles. The summed E-state index contributed by atoms with van der Waals surface area (Å²) in [6.07, 6.45) is 0. The van der Waals surface area contributed by atoms with Crippen LogP contribution in [0.25, 0.3) is 0 Å². The average molecular weight is 276 g/mol. The third kappa shape index (κ3) is 2.88. The van der Waals surface area contributed by atoms with Gasteiger partial charge >= 0.3 is 0 Å².